The summed E-state index contributed by atoms with van der Waals surface area (Å²) in [6, 6.07) is 25.0. The number of rotatable bonds is 9. The number of ether oxygens (including phenoxy) is 1. The van der Waals surface area contributed by atoms with E-state index in [0.29, 0.717) is 11.5 Å². The Kier molecular flexibility index (Phi) is 8.27. The minimum absolute atomic E-state index is 0.0505. The third kappa shape index (κ3) is 6.34. The molecule has 0 aliphatic carbocycles. The zero-order chi connectivity index (χ0) is 24.6. The molecule has 3 aromatic rings. The Balaban J connectivity index is 1.45. The Morgan fingerprint density at radius 3 is 2.49 bits per heavy atom. The summed E-state index contributed by atoms with van der Waals surface area (Å²) in [6.45, 7) is 4.72. The molecular weight excluding hydrogens is 456 g/mol. The summed E-state index contributed by atoms with van der Waals surface area (Å²) in [6.07, 6.45) is 3.99. The van der Waals surface area contributed by atoms with Crippen molar-refractivity contribution in [2.24, 2.45) is 0 Å². The van der Waals surface area contributed by atoms with Gasteiger partial charge in [-0.1, -0.05) is 79.7 Å². The molecule has 3 aromatic carbocycles. The summed E-state index contributed by atoms with van der Waals surface area (Å²) in [5, 5.41) is 3.03. The molecule has 0 spiro atoms. The van der Waals surface area contributed by atoms with Gasteiger partial charge in [-0.05, 0) is 54.8 Å². The number of fused-ring (bicyclic) bond motifs is 1. The fourth-order valence-corrected chi connectivity index (χ4v) is 4.88. The van der Waals surface area contributed by atoms with Gasteiger partial charge in [0.1, 0.15) is 12.3 Å². The van der Waals surface area contributed by atoms with Crippen LogP contribution in [0.3, 0.4) is 0 Å². The predicted octanol–water partition coefficient (Wildman–Crippen LogP) is 6.22. The fourth-order valence-electron chi connectivity index (χ4n) is 3.82. The van der Waals surface area contributed by atoms with Gasteiger partial charge in [-0.25, -0.2) is 0 Å². The number of unbranched alkanes of at least 4 members (excludes halogenated alkanes) is 1. The van der Waals surface area contributed by atoms with Gasteiger partial charge >= 0.3 is 0 Å². The summed E-state index contributed by atoms with van der Waals surface area (Å²) in [5.41, 5.74) is 2.68. The minimum atomic E-state index is -0.213. The van der Waals surface area contributed by atoms with Crippen molar-refractivity contribution in [3.05, 3.63) is 94.9 Å². The molecule has 35 heavy (non-hydrogen) atoms. The molecule has 180 valence electrons. The number of hydrogen-bond acceptors (Lipinski definition) is 4. The van der Waals surface area contributed by atoms with Crippen molar-refractivity contribution >= 4 is 35.3 Å². The molecule has 0 radical (unpaired) electrons. The maximum absolute atomic E-state index is 13.4. The third-order valence-corrected chi connectivity index (χ3v) is 6.83. The van der Waals surface area contributed by atoms with Crippen molar-refractivity contribution in [1.29, 1.82) is 0 Å². The number of thioether (sulfide) groups is 1. The van der Waals surface area contributed by atoms with Gasteiger partial charge in [0.15, 0.2) is 0 Å². The molecule has 2 amide bonds. The van der Waals surface area contributed by atoms with E-state index < -0.39 is 0 Å². The zero-order valence-corrected chi connectivity index (χ0v) is 20.9. The van der Waals surface area contributed by atoms with E-state index in [4.69, 9.17) is 4.74 Å². The van der Waals surface area contributed by atoms with Gasteiger partial charge in [0.25, 0.3) is 5.91 Å². The highest BCUT2D eigenvalue weighted by molar-refractivity contribution is 8.04. The third-order valence-electron chi connectivity index (χ3n) is 5.76. The van der Waals surface area contributed by atoms with Crippen LogP contribution in [-0.4, -0.2) is 25.0 Å². The van der Waals surface area contributed by atoms with Gasteiger partial charge in [-0.3, -0.25) is 14.5 Å². The number of nitrogens with one attached hydrogen (secondary N) is 1. The first-order valence-corrected chi connectivity index (χ1v) is 12.7. The summed E-state index contributed by atoms with van der Waals surface area (Å²) in [5.74, 6) is 0.440. The number of hydrogen-bond donors (Lipinski definition) is 1. The Labute approximate surface area is 211 Å². The van der Waals surface area contributed by atoms with E-state index in [2.05, 4.69) is 12.2 Å². The lowest BCUT2D eigenvalue weighted by atomic mass is 10.1. The largest absolute Gasteiger partial charge is 0.494 e. The Morgan fingerprint density at radius 2 is 1.74 bits per heavy atom. The average Bonchev–Trinajstić information content (AvgIpc) is 2.87. The summed E-state index contributed by atoms with van der Waals surface area (Å²) >= 11 is 1.44. The van der Waals surface area contributed by atoms with Gasteiger partial charge in [0, 0.05) is 4.90 Å². The van der Waals surface area contributed by atoms with Crippen molar-refractivity contribution in [2.75, 3.05) is 18.1 Å². The Bertz CT molecular complexity index is 1190. The number of benzene rings is 3. The topological polar surface area (TPSA) is 58.6 Å². The molecule has 0 saturated carbocycles. The van der Waals surface area contributed by atoms with Gasteiger partial charge in [-0.15, -0.1) is 0 Å². The van der Waals surface area contributed by atoms with Crippen LogP contribution in [0, 0.1) is 0 Å². The van der Waals surface area contributed by atoms with E-state index in [1.807, 2.05) is 91.9 Å². The number of carbonyl (C=O) groups excluding carboxylic acids is 2. The van der Waals surface area contributed by atoms with Crippen LogP contribution >= 0.6 is 11.8 Å². The van der Waals surface area contributed by atoms with Crippen molar-refractivity contribution in [3.8, 4) is 5.75 Å². The lowest BCUT2D eigenvalue weighted by molar-refractivity contribution is -0.122. The maximum Gasteiger partial charge on any atom is 0.265 e. The van der Waals surface area contributed by atoms with Gasteiger partial charge in [0.2, 0.25) is 5.91 Å². The maximum atomic E-state index is 13.4. The van der Waals surface area contributed by atoms with Gasteiger partial charge in [-0.2, -0.15) is 0 Å². The molecule has 1 heterocycles. The van der Waals surface area contributed by atoms with E-state index in [1.54, 1.807) is 4.90 Å². The first kappa shape index (κ1) is 24.6. The van der Waals surface area contributed by atoms with E-state index in [9.17, 15) is 9.59 Å². The summed E-state index contributed by atoms with van der Waals surface area (Å²) in [4.78, 5) is 29.5. The van der Waals surface area contributed by atoms with E-state index in [-0.39, 0.29) is 24.4 Å². The van der Waals surface area contributed by atoms with Gasteiger partial charge < -0.3 is 10.1 Å². The van der Waals surface area contributed by atoms with E-state index >= 15 is 0 Å². The van der Waals surface area contributed by atoms with Crippen LogP contribution in [0.5, 0.6) is 5.75 Å². The number of nitrogens with zero attached hydrogens (tertiary/aromatic N) is 1. The van der Waals surface area contributed by atoms with Crippen molar-refractivity contribution in [1.82, 2.24) is 5.32 Å². The highest BCUT2D eigenvalue weighted by Gasteiger charge is 2.30. The predicted molar refractivity (Wildman–Crippen MR) is 142 cm³/mol. The van der Waals surface area contributed by atoms with Crippen molar-refractivity contribution in [3.63, 3.8) is 0 Å². The second-order valence-electron chi connectivity index (χ2n) is 8.44. The van der Waals surface area contributed by atoms with Crippen LogP contribution in [0.4, 0.5) is 5.69 Å². The molecule has 0 bridgehead atoms. The van der Waals surface area contributed by atoms with Crippen LogP contribution in [0.1, 0.15) is 43.9 Å². The van der Waals surface area contributed by atoms with E-state index in [0.717, 1.165) is 40.3 Å². The standard InChI is InChI=1S/C29H30N2O3S/c1-3-4-18-34-24-16-14-23(15-17-24)21(2)30-28(32)20-31-25-12-8-9-13-26(25)35-27(29(31)33)19-22-10-6-5-7-11-22/h5-17,19,21H,3-4,18,20H2,1-2H3,(H,30,32)/b27-19-/t21-/m0/s1. The molecule has 6 heteroatoms. The Morgan fingerprint density at radius 1 is 1.03 bits per heavy atom. The molecule has 0 fully saturated rings. The molecule has 0 saturated heterocycles. The lowest BCUT2D eigenvalue weighted by Gasteiger charge is -2.30. The molecule has 5 nitrogen and oxygen atoms in total. The van der Waals surface area contributed by atoms with Crippen LogP contribution in [-0.2, 0) is 9.59 Å². The number of amides is 2. The first-order valence-electron chi connectivity index (χ1n) is 11.9. The zero-order valence-electron chi connectivity index (χ0n) is 20.1. The van der Waals surface area contributed by atoms with Gasteiger partial charge in [0.05, 0.1) is 23.2 Å². The molecular formula is C29H30N2O3S. The molecule has 1 N–H and O–H groups in total. The second-order valence-corrected chi connectivity index (χ2v) is 9.52. The molecule has 1 aliphatic heterocycles. The van der Waals surface area contributed by atoms with Crippen LogP contribution < -0.4 is 15.0 Å². The normalized spacial score (nSPS) is 15.0. The first-order chi connectivity index (χ1) is 17.0. The number of anilines is 1. The van der Waals surface area contributed by atoms with Crippen LogP contribution in [0.25, 0.3) is 6.08 Å². The fraction of sp³-hybridized carbons (Fsp3) is 0.241. The monoisotopic (exact) mass is 486 g/mol. The number of carbonyl (C=O) groups is 2. The highest BCUT2D eigenvalue weighted by atomic mass is 32.2. The molecule has 0 aromatic heterocycles. The molecule has 4 rings (SSSR count). The SMILES string of the molecule is CCCCOc1ccc([C@H](C)NC(=O)CN2C(=O)/C(=C/c3ccccc3)Sc3ccccc32)cc1. The summed E-state index contributed by atoms with van der Waals surface area (Å²) in [7, 11) is 0. The number of para-hydroxylation sites is 1. The molecule has 1 aliphatic rings. The lowest BCUT2D eigenvalue weighted by Crippen LogP contribution is -2.43. The highest BCUT2D eigenvalue weighted by Crippen LogP contribution is 2.41. The van der Waals surface area contributed by atoms with E-state index in [1.165, 1.54) is 11.8 Å². The quantitative estimate of drug-likeness (QED) is 0.288. The molecule has 0 unspecified atom stereocenters. The second kappa shape index (κ2) is 11.8. The van der Waals surface area contributed by atoms with Crippen LogP contribution in [0.15, 0.2) is 88.7 Å². The average molecular weight is 487 g/mol. The van der Waals surface area contributed by atoms with Crippen molar-refractivity contribution in [2.45, 2.75) is 37.6 Å². The van der Waals surface area contributed by atoms with Crippen molar-refractivity contribution < 1.29 is 14.3 Å². The smallest absolute Gasteiger partial charge is 0.265 e. The molecule has 1 atom stereocenters. The minimum Gasteiger partial charge on any atom is -0.494 e. The summed E-state index contributed by atoms with van der Waals surface area (Å²) < 4.78 is 5.72. The van der Waals surface area contributed by atoms with Crippen LogP contribution in [0.2, 0.25) is 0 Å². The Hall–Kier alpha value is -3.51.